The van der Waals surface area contributed by atoms with Crippen LogP contribution >= 0.6 is 11.3 Å². The van der Waals surface area contributed by atoms with Gasteiger partial charge in [-0.3, -0.25) is 4.79 Å². The Kier molecular flexibility index (Phi) is 10.3. The van der Waals surface area contributed by atoms with Gasteiger partial charge in [-0.2, -0.15) is 0 Å². The molecular formula is C31H41N3O2S. The highest BCUT2D eigenvalue weighted by Gasteiger charge is 2.24. The summed E-state index contributed by atoms with van der Waals surface area (Å²) in [6.07, 6.45) is 0.770. The minimum atomic E-state index is -0.225. The molecule has 0 aliphatic rings. The first-order valence-electron chi connectivity index (χ1n) is 13.2. The molecule has 0 saturated carbocycles. The summed E-state index contributed by atoms with van der Waals surface area (Å²) in [4.78, 5) is 33.1. The van der Waals surface area contributed by atoms with Gasteiger partial charge in [0.15, 0.2) is 0 Å². The number of rotatable bonds is 11. The molecule has 0 bridgehead atoms. The van der Waals surface area contributed by atoms with Crippen molar-refractivity contribution in [2.75, 3.05) is 18.4 Å². The van der Waals surface area contributed by atoms with Gasteiger partial charge in [0.05, 0.1) is 6.54 Å². The van der Waals surface area contributed by atoms with E-state index in [-0.39, 0.29) is 30.3 Å². The van der Waals surface area contributed by atoms with Crippen LogP contribution in [0, 0.1) is 6.92 Å². The van der Waals surface area contributed by atoms with Gasteiger partial charge in [-0.15, -0.1) is 11.3 Å². The van der Waals surface area contributed by atoms with E-state index in [0.29, 0.717) is 19.6 Å². The van der Waals surface area contributed by atoms with Gasteiger partial charge in [0.25, 0.3) is 0 Å². The quantitative estimate of drug-likeness (QED) is 0.281. The van der Waals surface area contributed by atoms with Crippen LogP contribution in [0.2, 0.25) is 0 Å². The molecule has 1 heterocycles. The van der Waals surface area contributed by atoms with Crippen LogP contribution in [0.5, 0.6) is 0 Å². The lowest BCUT2D eigenvalue weighted by molar-refractivity contribution is -0.133. The van der Waals surface area contributed by atoms with Crippen molar-refractivity contribution in [2.45, 2.75) is 72.9 Å². The maximum atomic E-state index is 13.7. The van der Waals surface area contributed by atoms with Crippen LogP contribution in [0.3, 0.4) is 0 Å². The highest BCUT2D eigenvalue weighted by Crippen LogP contribution is 2.32. The largest absolute Gasteiger partial charge is 0.332 e. The maximum absolute atomic E-state index is 13.7. The minimum Gasteiger partial charge on any atom is -0.332 e. The first kappa shape index (κ1) is 28.5. The summed E-state index contributed by atoms with van der Waals surface area (Å²) in [6.45, 7) is 14.2. The van der Waals surface area contributed by atoms with E-state index in [2.05, 4.69) is 70.3 Å². The smallest absolute Gasteiger partial charge is 0.322 e. The molecule has 0 radical (unpaired) electrons. The van der Waals surface area contributed by atoms with Crippen LogP contribution in [0.1, 0.15) is 79.3 Å². The lowest BCUT2D eigenvalue weighted by Crippen LogP contribution is -2.44. The Morgan fingerprint density at radius 3 is 2.03 bits per heavy atom. The first-order valence-corrected chi connectivity index (χ1v) is 14.1. The van der Waals surface area contributed by atoms with Crippen LogP contribution in [0.25, 0.3) is 0 Å². The second-order valence-electron chi connectivity index (χ2n) is 10.2. The van der Waals surface area contributed by atoms with Crippen molar-refractivity contribution in [1.82, 2.24) is 9.80 Å². The third kappa shape index (κ3) is 7.93. The number of carbonyl (C=O) groups excluding carboxylic acids is 2. The highest BCUT2D eigenvalue weighted by atomic mass is 32.1. The summed E-state index contributed by atoms with van der Waals surface area (Å²) < 4.78 is 0. The number of anilines is 1. The molecule has 0 fully saturated rings. The third-order valence-corrected chi connectivity index (χ3v) is 7.41. The SMILES string of the molecule is CCCN(CC(=O)N(Cc1ccccc1)Cc1ccc(C)s1)C(=O)Nc1c(C(C)C)cccc1C(C)C. The van der Waals surface area contributed by atoms with E-state index in [0.717, 1.165) is 33.7 Å². The number of aryl methyl sites for hydroxylation is 1. The minimum absolute atomic E-state index is 0.0394. The molecule has 3 amide bonds. The Balaban J connectivity index is 1.83. The molecule has 198 valence electrons. The molecule has 3 aromatic rings. The van der Waals surface area contributed by atoms with E-state index >= 15 is 0 Å². The van der Waals surface area contributed by atoms with E-state index in [1.165, 1.54) is 4.88 Å². The second-order valence-corrected chi connectivity index (χ2v) is 11.6. The molecule has 0 spiro atoms. The number of nitrogens with zero attached hydrogens (tertiary/aromatic N) is 2. The fraction of sp³-hybridized carbons (Fsp3) is 0.419. The Labute approximate surface area is 226 Å². The average Bonchev–Trinajstić information content (AvgIpc) is 3.28. The van der Waals surface area contributed by atoms with Gasteiger partial charge in [0.2, 0.25) is 5.91 Å². The van der Waals surface area contributed by atoms with E-state index in [9.17, 15) is 9.59 Å². The lowest BCUT2D eigenvalue weighted by atomic mass is 9.93. The van der Waals surface area contributed by atoms with E-state index in [1.807, 2.05) is 42.2 Å². The number of amides is 3. The zero-order chi connectivity index (χ0) is 26.9. The fourth-order valence-electron chi connectivity index (χ4n) is 4.46. The Morgan fingerprint density at radius 1 is 0.838 bits per heavy atom. The van der Waals surface area contributed by atoms with Crippen molar-refractivity contribution in [3.05, 3.63) is 87.1 Å². The van der Waals surface area contributed by atoms with Gasteiger partial charge in [-0.25, -0.2) is 4.79 Å². The number of hydrogen-bond acceptors (Lipinski definition) is 3. The Bertz CT molecular complexity index is 1140. The molecule has 0 atom stereocenters. The molecule has 0 unspecified atom stereocenters. The predicted octanol–water partition coefficient (Wildman–Crippen LogP) is 7.78. The van der Waals surface area contributed by atoms with E-state index < -0.39 is 0 Å². The van der Waals surface area contributed by atoms with Gasteiger partial charge >= 0.3 is 6.03 Å². The summed E-state index contributed by atoms with van der Waals surface area (Å²) >= 11 is 1.70. The van der Waals surface area contributed by atoms with Crippen LogP contribution in [0.15, 0.2) is 60.7 Å². The maximum Gasteiger partial charge on any atom is 0.322 e. The van der Waals surface area contributed by atoms with Crippen LogP contribution in [-0.4, -0.2) is 34.8 Å². The lowest BCUT2D eigenvalue weighted by Gasteiger charge is -2.29. The Hall–Kier alpha value is -3.12. The predicted molar refractivity (Wildman–Crippen MR) is 155 cm³/mol. The summed E-state index contributed by atoms with van der Waals surface area (Å²) in [6, 6.07) is 20.2. The standard InChI is InChI=1S/C31H41N3O2S/c1-7-18-33(31(36)32-30-27(22(2)3)14-11-15-28(30)23(4)5)21-29(35)34(19-25-12-9-8-10-13-25)20-26-17-16-24(6)37-26/h8-17,22-23H,7,18-21H2,1-6H3,(H,32,36). The van der Waals surface area contributed by atoms with Crippen molar-refractivity contribution in [3.8, 4) is 0 Å². The van der Waals surface area contributed by atoms with Gasteiger partial charge in [-0.05, 0) is 54.0 Å². The number of hydrogen-bond donors (Lipinski definition) is 1. The molecule has 37 heavy (non-hydrogen) atoms. The van der Waals surface area contributed by atoms with Gasteiger partial charge in [0.1, 0.15) is 6.54 Å². The number of urea groups is 1. The van der Waals surface area contributed by atoms with Gasteiger partial charge < -0.3 is 15.1 Å². The number of thiophene rings is 1. The summed E-state index contributed by atoms with van der Waals surface area (Å²) in [5.41, 5.74) is 4.17. The molecule has 1 N–H and O–H groups in total. The molecule has 5 nitrogen and oxygen atoms in total. The van der Waals surface area contributed by atoms with Crippen LogP contribution in [0.4, 0.5) is 10.5 Å². The second kappa shape index (κ2) is 13.4. The summed E-state index contributed by atoms with van der Waals surface area (Å²) in [7, 11) is 0. The zero-order valence-electron chi connectivity index (χ0n) is 23.1. The molecular weight excluding hydrogens is 478 g/mol. The van der Waals surface area contributed by atoms with Crippen molar-refractivity contribution < 1.29 is 9.59 Å². The number of benzene rings is 2. The van der Waals surface area contributed by atoms with Crippen molar-refractivity contribution >= 4 is 29.0 Å². The number of nitrogens with one attached hydrogen (secondary N) is 1. The normalized spacial score (nSPS) is 11.1. The van der Waals surface area contributed by atoms with Crippen molar-refractivity contribution in [1.29, 1.82) is 0 Å². The molecule has 0 saturated heterocycles. The van der Waals surface area contributed by atoms with Crippen molar-refractivity contribution in [3.63, 3.8) is 0 Å². The molecule has 2 aromatic carbocycles. The highest BCUT2D eigenvalue weighted by molar-refractivity contribution is 7.11. The van der Waals surface area contributed by atoms with E-state index in [1.54, 1.807) is 16.2 Å². The topological polar surface area (TPSA) is 52.7 Å². The average molecular weight is 520 g/mol. The number of para-hydroxylation sites is 1. The monoisotopic (exact) mass is 519 g/mol. The van der Waals surface area contributed by atoms with Gasteiger partial charge in [-0.1, -0.05) is 83.1 Å². The summed E-state index contributed by atoms with van der Waals surface area (Å²) in [5.74, 6) is 0.483. The van der Waals surface area contributed by atoms with Crippen LogP contribution < -0.4 is 5.32 Å². The third-order valence-electron chi connectivity index (χ3n) is 6.42. The number of carbonyl (C=O) groups is 2. The molecule has 0 aliphatic heterocycles. The van der Waals surface area contributed by atoms with E-state index in [4.69, 9.17) is 0 Å². The van der Waals surface area contributed by atoms with Crippen molar-refractivity contribution in [2.24, 2.45) is 0 Å². The molecule has 3 rings (SSSR count). The first-order chi connectivity index (χ1) is 17.7. The molecule has 6 heteroatoms. The summed E-state index contributed by atoms with van der Waals surface area (Å²) in [5, 5.41) is 3.19. The van der Waals surface area contributed by atoms with Gasteiger partial charge in [0, 0.05) is 28.5 Å². The molecule has 1 aromatic heterocycles. The Morgan fingerprint density at radius 2 is 1.49 bits per heavy atom. The zero-order valence-corrected chi connectivity index (χ0v) is 23.9. The molecule has 0 aliphatic carbocycles. The fourth-order valence-corrected chi connectivity index (χ4v) is 5.37. The van der Waals surface area contributed by atoms with Crippen LogP contribution in [-0.2, 0) is 17.9 Å².